The van der Waals surface area contributed by atoms with Gasteiger partial charge in [0.05, 0.1) is 4.92 Å². The molecule has 0 heterocycles. The van der Waals surface area contributed by atoms with E-state index in [0.29, 0.717) is 17.5 Å². The Morgan fingerprint density at radius 2 is 1.85 bits per heavy atom. The standard InChI is InChI=1S/C18H16N2O6/c1-11(22)14-4-6-15(7-5-14)19-18(23)12(2)26-17-8-3-13(10-21)9-16(17)20(24)25/h3-10,12H,1-2H3,(H,19,23)/t12-/m0/s1. The number of nitrogens with zero attached hydrogens (tertiary/aromatic N) is 1. The van der Waals surface area contributed by atoms with Crippen molar-refractivity contribution in [1.29, 1.82) is 0 Å². The van der Waals surface area contributed by atoms with Crippen molar-refractivity contribution < 1.29 is 24.0 Å². The summed E-state index contributed by atoms with van der Waals surface area (Å²) in [5.74, 6) is -0.727. The van der Waals surface area contributed by atoms with Gasteiger partial charge in [0, 0.05) is 22.9 Å². The predicted octanol–water partition coefficient (Wildman–Crippen LogP) is 3.02. The molecule has 8 nitrogen and oxygen atoms in total. The molecule has 0 aliphatic heterocycles. The zero-order chi connectivity index (χ0) is 19.3. The van der Waals surface area contributed by atoms with Crippen LogP contribution in [0.2, 0.25) is 0 Å². The maximum absolute atomic E-state index is 12.2. The number of ether oxygens (including phenoxy) is 1. The van der Waals surface area contributed by atoms with Crippen LogP contribution in [0.3, 0.4) is 0 Å². The molecule has 0 fully saturated rings. The summed E-state index contributed by atoms with van der Waals surface area (Å²) in [4.78, 5) is 44.6. The number of amides is 1. The Bertz CT molecular complexity index is 860. The molecule has 1 amide bonds. The molecular weight excluding hydrogens is 340 g/mol. The van der Waals surface area contributed by atoms with Crippen molar-refractivity contribution in [2.45, 2.75) is 20.0 Å². The van der Waals surface area contributed by atoms with Crippen LogP contribution >= 0.6 is 0 Å². The Balaban J connectivity index is 2.10. The second kappa shape index (κ2) is 8.02. The number of anilines is 1. The second-order valence-electron chi connectivity index (χ2n) is 5.48. The van der Waals surface area contributed by atoms with Crippen molar-refractivity contribution in [2.24, 2.45) is 0 Å². The van der Waals surface area contributed by atoms with Gasteiger partial charge in [-0.1, -0.05) is 0 Å². The van der Waals surface area contributed by atoms with E-state index < -0.39 is 22.6 Å². The van der Waals surface area contributed by atoms with Crippen LogP contribution in [0.5, 0.6) is 5.75 Å². The van der Waals surface area contributed by atoms with Gasteiger partial charge in [-0.15, -0.1) is 0 Å². The average molecular weight is 356 g/mol. The molecule has 0 spiro atoms. The second-order valence-corrected chi connectivity index (χ2v) is 5.48. The maximum Gasteiger partial charge on any atom is 0.311 e. The Morgan fingerprint density at radius 3 is 2.38 bits per heavy atom. The highest BCUT2D eigenvalue weighted by Gasteiger charge is 2.22. The third-order valence-corrected chi connectivity index (χ3v) is 3.55. The third-order valence-electron chi connectivity index (χ3n) is 3.55. The summed E-state index contributed by atoms with van der Waals surface area (Å²) >= 11 is 0. The van der Waals surface area contributed by atoms with Crippen molar-refractivity contribution in [3.8, 4) is 5.75 Å². The van der Waals surface area contributed by atoms with Gasteiger partial charge in [-0.2, -0.15) is 0 Å². The van der Waals surface area contributed by atoms with Crippen molar-refractivity contribution in [3.63, 3.8) is 0 Å². The molecule has 0 saturated carbocycles. The van der Waals surface area contributed by atoms with Crippen molar-refractivity contribution in [2.75, 3.05) is 5.32 Å². The summed E-state index contributed by atoms with van der Waals surface area (Å²) in [6.45, 7) is 2.88. The average Bonchev–Trinajstić information content (AvgIpc) is 2.62. The highest BCUT2D eigenvalue weighted by Crippen LogP contribution is 2.28. The van der Waals surface area contributed by atoms with E-state index in [1.54, 1.807) is 24.3 Å². The number of carbonyl (C=O) groups is 3. The molecule has 1 N–H and O–H groups in total. The van der Waals surface area contributed by atoms with Gasteiger partial charge in [0.1, 0.15) is 6.29 Å². The molecule has 2 aromatic carbocycles. The lowest BCUT2D eigenvalue weighted by atomic mass is 10.1. The number of carbonyl (C=O) groups excluding carboxylic acids is 3. The number of aldehydes is 1. The molecule has 8 heteroatoms. The number of hydrogen-bond acceptors (Lipinski definition) is 6. The maximum atomic E-state index is 12.2. The van der Waals surface area contributed by atoms with Gasteiger partial charge in [0.15, 0.2) is 17.6 Å². The summed E-state index contributed by atoms with van der Waals surface area (Å²) in [6, 6.07) is 10.0. The number of nitro benzene ring substituents is 1. The first-order chi connectivity index (χ1) is 12.3. The van der Waals surface area contributed by atoms with Gasteiger partial charge < -0.3 is 10.1 Å². The molecule has 0 aliphatic carbocycles. The van der Waals surface area contributed by atoms with Crippen LogP contribution in [0.15, 0.2) is 42.5 Å². The van der Waals surface area contributed by atoms with Crippen LogP contribution in [0.1, 0.15) is 34.6 Å². The molecular formula is C18H16N2O6. The monoisotopic (exact) mass is 356 g/mol. The first-order valence-corrected chi connectivity index (χ1v) is 7.64. The van der Waals surface area contributed by atoms with Crippen LogP contribution < -0.4 is 10.1 Å². The first-order valence-electron chi connectivity index (χ1n) is 7.64. The normalized spacial score (nSPS) is 11.3. The highest BCUT2D eigenvalue weighted by molar-refractivity contribution is 5.96. The summed E-state index contributed by atoms with van der Waals surface area (Å²) in [5, 5.41) is 13.7. The van der Waals surface area contributed by atoms with Gasteiger partial charge in [-0.05, 0) is 50.2 Å². The Morgan fingerprint density at radius 1 is 1.19 bits per heavy atom. The van der Waals surface area contributed by atoms with Crippen LogP contribution in [0.25, 0.3) is 0 Å². The fourth-order valence-electron chi connectivity index (χ4n) is 2.13. The molecule has 0 unspecified atom stereocenters. The lowest BCUT2D eigenvalue weighted by molar-refractivity contribution is -0.386. The van der Waals surface area contributed by atoms with Gasteiger partial charge in [0.2, 0.25) is 0 Å². The molecule has 134 valence electrons. The van der Waals surface area contributed by atoms with Crippen molar-refractivity contribution in [3.05, 3.63) is 63.7 Å². The lowest BCUT2D eigenvalue weighted by Crippen LogP contribution is -2.30. The number of nitro groups is 1. The van der Waals surface area contributed by atoms with Crippen LogP contribution in [-0.4, -0.2) is 29.0 Å². The van der Waals surface area contributed by atoms with E-state index in [0.717, 1.165) is 6.07 Å². The zero-order valence-electron chi connectivity index (χ0n) is 14.1. The topological polar surface area (TPSA) is 116 Å². The Kier molecular flexibility index (Phi) is 5.79. The SMILES string of the molecule is CC(=O)c1ccc(NC(=O)[C@H](C)Oc2ccc(C=O)cc2[N+](=O)[O-])cc1. The van der Waals surface area contributed by atoms with Gasteiger partial charge in [-0.25, -0.2) is 0 Å². The van der Waals surface area contributed by atoms with E-state index in [1.165, 1.54) is 26.0 Å². The zero-order valence-corrected chi connectivity index (χ0v) is 14.1. The Hall–Kier alpha value is -3.55. The summed E-state index contributed by atoms with van der Waals surface area (Å²) < 4.78 is 5.38. The van der Waals surface area contributed by atoms with E-state index in [-0.39, 0.29) is 17.1 Å². The van der Waals surface area contributed by atoms with Gasteiger partial charge in [0.25, 0.3) is 5.91 Å². The minimum absolute atomic E-state index is 0.0920. The van der Waals surface area contributed by atoms with Crippen LogP contribution in [0.4, 0.5) is 11.4 Å². The molecule has 26 heavy (non-hydrogen) atoms. The first kappa shape index (κ1) is 18.8. The Labute approximate surface area is 148 Å². The molecule has 0 bridgehead atoms. The lowest BCUT2D eigenvalue weighted by Gasteiger charge is -2.15. The molecule has 0 aromatic heterocycles. The molecule has 2 rings (SSSR count). The molecule has 2 aromatic rings. The number of ketones is 1. The quantitative estimate of drug-likeness (QED) is 0.353. The van der Waals surface area contributed by atoms with Crippen molar-refractivity contribution in [1.82, 2.24) is 0 Å². The molecule has 1 atom stereocenters. The summed E-state index contributed by atoms with van der Waals surface area (Å²) in [7, 11) is 0. The van der Waals surface area contributed by atoms with Crippen molar-refractivity contribution >= 4 is 29.4 Å². The predicted molar refractivity (Wildman–Crippen MR) is 93.7 cm³/mol. The van der Waals surface area contributed by atoms with Crippen LogP contribution in [-0.2, 0) is 4.79 Å². The fourth-order valence-corrected chi connectivity index (χ4v) is 2.13. The minimum Gasteiger partial charge on any atom is -0.474 e. The number of nitrogens with one attached hydrogen (secondary N) is 1. The van der Waals surface area contributed by atoms with E-state index in [2.05, 4.69) is 5.32 Å². The van der Waals surface area contributed by atoms with E-state index in [9.17, 15) is 24.5 Å². The van der Waals surface area contributed by atoms with E-state index in [1.807, 2.05) is 0 Å². The fraction of sp³-hybridized carbons (Fsp3) is 0.167. The number of rotatable bonds is 7. The largest absolute Gasteiger partial charge is 0.474 e. The number of hydrogen-bond donors (Lipinski definition) is 1. The number of benzene rings is 2. The highest BCUT2D eigenvalue weighted by atomic mass is 16.6. The van der Waals surface area contributed by atoms with Gasteiger partial charge >= 0.3 is 5.69 Å². The molecule has 0 radical (unpaired) electrons. The van der Waals surface area contributed by atoms with Crippen LogP contribution in [0, 0.1) is 10.1 Å². The summed E-state index contributed by atoms with van der Waals surface area (Å²) in [6.07, 6.45) is -0.541. The summed E-state index contributed by atoms with van der Waals surface area (Å²) in [5.41, 5.74) is 0.700. The minimum atomic E-state index is -1.02. The van der Waals surface area contributed by atoms with E-state index >= 15 is 0 Å². The number of Topliss-reactive ketones (excluding diaryl/α,β-unsaturated/α-hetero) is 1. The smallest absolute Gasteiger partial charge is 0.311 e. The third kappa shape index (κ3) is 4.50. The van der Waals surface area contributed by atoms with E-state index in [4.69, 9.17) is 4.74 Å². The molecule has 0 aliphatic rings. The van der Waals surface area contributed by atoms with Gasteiger partial charge in [-0.3, -0.25) is 24.5 Å². The molecule has 0 saturated heterocycles.